The standard InChI is InChI=1S/C15H18BrNO2S/c1-8(2)14(11-6-5-7-20-11)17-15(18)12-9(3)19-10(4)13(12)16/h5-8,14H,1-4H3,(H,17,18). The van der Waals surface area contributed by atoms with Crippen molar-refractivity contribution in [2.24, 2.45) is 5.92 Å². The van der Waals surface area contributed by atoms with E-state index in [0.29, 0.717) is 17.2 Å². The highest BCUT2D eigenvalue weighted by Crippen LogP contribution is 2.30. The quantitative estimate of drug-likeness (QED) is 0.851. The number of aryl methyl sites for hydroxylation is 2. The molecule has 0 saturated carbocycles. The molecule has 20 heavy (non-hydrogen) atoms. The van der Waals surface area contributed by atoms with E-state index in [1.54, 1.807) is 11.3 Å². The molecular weight excluding hydrogens is 338 g/mol. The maximum atomic E-state index is 12.5. The zero-order valence-electron chi connectivity index (χ0n) is 12.0. The lowest BCUT2D eigenvalue weighted by Crippen LogP contribution is -2.31. The largest absolute Gasteiger partial charge is 0.465 e. The molecule has 1 amide bonds. The molecule has 108 valence electrons. The topological polar surface area (TPSA) is 42.2 Å². The minimum absolute atomic E-state index is 0.0176. The normalized spacial score (nSPS) is 12.7. The summed E-state index contributed by atoms with van der Waals surface area (Å²) in [5.41, 5.74) is 0.588. The molecular formula is C15H18BrNO2S. The summed E-state index contributed by atoms with van der Waals surface area (Å²) in [6, 6.07) is 4.08. The van der Waals surface area contributed by atoms with Crippen LogP contribution in [0.2, 0.25) is 0 Å². The van der Waals surface area contributed by atoms with Gasteiger partial charge in [0.15, 0.2) is 0 Å². The van der Waals surface area contributed by atoms with Crippen molar-refractivity contribution in [1.29, 1.82) is 0 Å². The predicted octanol–water partition coefficient (Wildman–Crippen LogP) is 4.85. The van der Waals surface area contributed by atoms with E-state index in [4.69, 9.17) is 4.42 Å². The molecule has 0 spiro atoms. The smallest absolute Gasteiger partial charge is 0.256 e. The molecule has 0 aliphatic carbocycles. The van der Waals surface area contributed by atoms with Crippen molar-refractivity contribution < 1.29 is 9.21 Å². The molecule has 0 aromatic carbocycles. The minimum Gasteiger partial charge on any atom is -0.465 e. The van der Waals surface area contributed by atoms with Gasteiger partial charge in [-0.3, -0.25) is 4.79 Å². The number of nitrogens with one attached hydrogen (secondary N) is 1. The lowest BCUT2D eigenvalue weighted by atomic mass is 10.0. The first kappa shape index (κ1) is 15.3. The van der Waals surface area contributed by atoms with Crippen molar-refractivity contribution in [3.8, 4) is 0 Å². The molecule has 0 aliphatic rings. The van der Waals surface area contributed by atoms with Crippen molar-refractivity contribution in [3.63, 3.8) is 0 Å². The molecule has 1 atom stereocenters. The molecule has 0 fully saturated rings. The fourth-order valence-corrected chi connectivity index (χ4v) is 3.65. The molecule has 0 aliphatic heterocycles. The Morgan fingerprint density at radius 3 is 2.50 bits per heavy atom. The van der Waals surface area contributed by atoms with Crippen LogP contribution in [0.5, 0.6) is 0 Å². The van der Waals surface area contributed by atoms with Crippen LogP contribution in [0, 0.1) is 19.8 Å². The molecule has 3 nitrogen and oxygen atoms in total. The summed E-state index contributed by atoms with van der Waals surface area (Å²) < 4.78 is 6.23. The van der Waals surface area contributed by atoms with E-state index in [2.05, 4.69) is 41.2 Å². The van der Waals surface area contributed by atoms with Crippen molar-refractivity contribution >= 4 is 33.2 Å². The summed E-state index contributed by atoms with van der Waals surface area (Å²) in [7, 11) is 0. The zero-order chi connectivity index (χ0) is 14.9. The fraction of sp³-hybridized carbons (Fsp3) is 0.400. The van der Waals surface area contributed by atoms with Crippen LogP contribution < -0.4 is 5.32 Å². The number of amides is 1. The second-order valence-electron chi connectivity index (χ2n) is 5.11. The Hall–Kier alpha value is -1.07. The number of halogens is 1. The van der Waals surface area contributed by atoms with Gasteiger partial charge >= 0.3 is 0 Å². The Labute approximate surface area is 131 Å². The monoisotopic (exact) mass is 355 g/mol. The van der Waals surface area contributed by atoms with Crippen LogP contribution in [0.25, 0.3) is 0 Å². The summed E-state index contributed by atoms with van der Waals surface area (Å²) >= 11 is 5.09. The van der Waals surface area contributed by atoms with Gasteiger partial charge in [0, 0.05) is 4.88 Å². The number of carbonyl (C=O) groups is 1. The number of furan rings is 1. The number of carbonyl (C=O) groups excluding carboxylic acids is 1. The van der Waals surface area contributed by atoms with Gasteiger partial charge in [-0.05, 0) is 47.1 Å². The Bertz CT molecular complexity index is 602. The molecule has 0 radical (unpaired) electrons. The van der Waals surface area contributed by atoms with E-state index in [1.165, 1.54) is 4.88 Å². The predicted molar refractivity (Wildman–Crippen MR) is 85.2 cm³/mol. The van der Waals surface area contributed by atoms with Gasteiger partial charge in [-0.25, -0.2) is 0 Å². The van der Waals surface area contributed by atoms with Gasteiger partial charge in [0.1, 0.15) is 11.5 Å². The van der Waals surface area contributed by atoms with Crippen LogP contribution in [0.3, 0.4) is 0 Å². The lowest BCUT2D eigenvalue weighted by molar-refractivity contribution is 0.0924. The highest BCUT2D eigenvalue weighted by molar-refractivity contribution is 9.10. The van der Waals surface area contributed by atoms with E-state index in [-0.39, 0.29) is 11.9 Å². The summed E-state index contributed by atoms with van der Waals surface area (Å²) in [6.07, 6.45) is 0. The summed E-state index contributed by atoms with van der Waals surface area (Å²) in [5, 5.41) is 5.14. The van der Waals surface area contributed by atoms with Crippen molar-refractivity contribution in [3.05, 3.63) is 43.9 Å². The Morgan fingerprint density at radius 1 is 1.35 bits per heavy atom. The first-order chi connectivity index (χ1) is 9.41. The first-order valence-electron chi connectivity index (χ1n) is 6.51. The third kappa shape index (κ3) is 2.99. The molecule has 1 N–H and O–H groups in total. The Balaban J connectivity index is 2.25. The van der Waals surface area contributed by atoms with Gasteiger partial charge in [0.2, 0.25) is 0 Å². The van der Waals surface area contributed by atoms with E-state index in [9.17, 15) is 4.79 Å². The van der Waals surface area contributed by atoms with E-state index >= 15 is 0 Å². The van der Waals surface area contributed by atoms with Crippen molar-refractivity contribution in [2.75, 3.05) is 0 Å². The van der Waals surface area contributed by atoms with Crippen LogP contribution in [0.1, 0.15) is 46.6 Å². The summed E-state index contributed by atoms with van der Waals surface area (Å²) in [6.45, 7) is 7.86. The van der Waals surface area contributed by atoms with Gasteiger partial charge in [0.25, 0.3) is 5.91 Å². The fourth-order valence-electron chi connectivity index (χ4n) is 2.16. The van der Waals surface area contributed by atoms with Crippen molar-refractivity contribution in [1.82, 2.24) is 5.32 Å². The van der Waals surface area contributed by atoms with E-state index < -0.39 is 0 Å². The van der Waals surface area contributed by atoms with E-state index in [1.807, 2.05) is 25.3 Å². The van der Waals surface area contributed by atoms with Gasteiger partial charge < -0.3 is 9.73 Å². The molecule has 2 rings (SSSR count). The minimum atomic E-state index is -0.0988. The second kappa shape index (κ2) is 6.14. The first-order valence-corrected chi connectivity index (χ1v) is 8.18. The average molecular weight is 356 g/mol. The third-order valence-corrected chi connectivity index (χ3v) is 5.13. The molecule has 1 unspecified atom stereocenters. The Kier molecular flexibility index (Phi) is 4.70. The highest BCUT2D eigenvalue weighted by Gasteiger charge is 2.24. The van der Waals surface area contributed by atoms with Crippen LogP contribution >= 0.6 is 27.3 Å². The SMILES string of the molecule is Cc1oc(C)c(C(=O)NC(c2cccs2)C(C)C)c1Br. The lowest BCUT2D eigenvalue weighted by Gasteiger charge is -2.21. The third-order valence-electron chi connectivity index (χ3n) is 3.22. The average Bonchev–Trinajstić information content (AvgIpc) is 2.96. The number of hydrogen-bond acceptors (Lipinski definition) is 3. The second-order valence-corrected chi connectivity index (χ2v) is 6.89. The maximum absolute atomic E-state index is 12.5. The molecule has 5 heteroatoms. The van der Waals surface area contributed by atoms with Crippen molar-refractivity contribution in [2.45, 2.75) is 33.7 Å². The van der Waals surface area contributed by atoms with E-state index in [0.717, 1.165) is 10.2 Å². The molecule has 2 heterocycles. The molecule has 2 aromatic rings. The zero-order valence-corrected chi connectivity index (χ0v) is 14.4. The number of rotatable bonds is 4. The summed E-state index contributed by atoms with van der Waals surface area (Å²) in [4.78, 5) is 13.7. The Morgan fingerprint density at radius 2 is 2.05 bits per heavy atom. The van der Waals surface area contributed by atoms with Crippen LogP contribution in [-0.4, -0.2) is 5.91 Å². The number of hydrogen-bond donors (Lipinski definition) is 1. The molecule has 0 bridgehead atoms. The van der Waals surface area contributed by atoms with Crippen LogP contribution in [-0.2, 0) is 0 Å². The van der Waals surface area contributed by atoms with Crippen LogP contribution in [0.15, 0.2) is 26.4 Å². The van der Waals surface area contributed by atoms with Gasteiger partial charge in [-0.15, -0.1) is 11.3 Å². The molecule has 0 saturated heterocycles. The van der Waals surface area contributed by atoms with Gasteiger partial charge in [-0.2, -0.15) is 0 Å². The van der Waals surface area contributed by atoms with Crippen LogP contribution in [0.4, 0.5) is 0 Å². The number of thiophene rings is 1. The molecule has 2 aromatic heterocycles. The maximum Gasteiger partial charge on any atom is 0.256 e. The van der Waals surface area contributed by atoms with Gasteiger partial charge in [0.05, 0.1) is 16.1 Å². The highest BCUT2D eigenvalue weighted by atomic mass is 79.9. The summed E-state index contributed by atoms with van der Waals surface area (Å²) in [5.74, 6) is 1.59. The van der Waals surface area contributed by atoms with Gasteiger partial charge in [-0.1, -0.05) is 19.9 Å².